The van der Waals surface area contributed by atoms with Crippen molar-refractivity contribution >= 4 is 0 Å². The summed E-state index contributed by atoms with van der Waals surface area (Å²) in [5.41, 5.74) is 7.37. The summed E-state index contributed by atoms with van der Waals surface area (Å²) in [6, 6.07) is 23.2. The molecule has 0 aliphatic heterocycles. The van der Waals surface area contributed by atoms with Crippen LogP contribution in [0.5, 0.6) is 5.75 Å². The molecule has 0 heterocycles. The Bertz CT molecular complexity index is 803. The van der Waals surface area contributed by atoms with Crippen molar-refractivity contribution in [3.05, 3.63) is 77.9 Å². The lowest BCUT2D eigenvalue weighted by atomic mass is 9.90. The van der Waals surface area contributed by atoms with Crippen molar-refractivity contribution in [2.24, 2.45) is 0 Å². The molecule has 0 atom stereocenters. The van der Waals surface area contributed by atoms with E-state index in [-0.39, 0.29) is 0 Å². The van der Waals surface area contributed by atoms with Crippen molar-refractivity contribution < 1.29 is 4.74 Å². The van der Waals surface area contributed by atoms with Crippen LogP contribution in [0.4, 0.5) is 0 Å². The summed E-state index contributed by atoms with van der Waals surface area (Å²) in [5, 5.41) is 0. The van der Waals surface area contributed by atoms with Gasteiger partial charge in [0.1, 0.15) is 5.75 Å². The second-order valence-electron chi connectivity index (χ2n) is 5.51. The van der Waals surface area contributed by atoms with Gasteiger partial charge in [-0.3, -0.25) is 0 Å². The number of methoxy groups -OCH3 is 1. The third-order valence-electron chi connectivity index (χ3n) is 4.10. The van der Waals surface area contributed by atoms with Gasteiger partial charge in [0, 0.05) is 5.56 Å². The summed E-state index contributed by atoms with van der Waals surface area (Å²) in [7, 11) is 1.73. The van der Waals surface area contributed by atoms with Crippen LogP contribution < -0.4 is 4.74 Å². The maximum absolute atomic E-state index is 5.66. The Balaban J connectivity index is 2.34. The fourth-order valence-electron chi connectivity index (χ4n) is 2.93. The predicted molar refractivity (Wildman–Crippen MR) is 93.3 cm³/mol. The molecule has 0 saturated heterocycles. The minimum Gasteiger partial charge on any atom is -0.496 e. The highest BCUT2D eigenvalue weighted by Crippen LogP contribution is 2.41. The van der Waals surface area contributed by atoms with E-state index in [1.807, 2.05) is 6.07 Å². The molecule has 0 aliphatic rings. The average Bonchev–Trinajstić information content (AvgIpc) is 2.55. The van der Waals surface area contributed by atoms with Crippen molar-refractivity contribution in [1.29, 1.82) is 0 Å². The zero-order valence-electron chi connectivity index (χ0n) is 13.3. The van der Waals surface area contributed by atoms with Crippen molar-refractivity contribution in [3.8, 4) is 28.0 Å². The smallest absolute Gasteiger partial charge is 0.127 e. The number of rotatable bonds is 3. The summed E-state index contributed by atoms with van der Waals surface area (Å²) in [6.45, 7) is 4.29. The van der Waals surface area contributed by atoms with Gasteiger partial charge in [0.15, 0.2) is 0 Å². The Morgan fingerprint density at radius 2 is 1.14 bits per heavy atom. The monoisotopic (exact) mass is 288 g/mol. The minimum absolute atomic E-state index is 0.912. The van der Waals surface area contributed by atoms with Gasteiger partial charge in [0.2, 0.25) is 0 Å². The highest BCUT2D eigenvalue weighted by Gasteiger charge is 2.15. The third kappa shape index (κ3) is 2.50. The van der Waals surface area contributed by atoms with Crippen molar-refractivity contribution in [3.63, 3.8) is 0 Å². The van der Waals surface area contributed by atoms with Crippen molar-refractivity contribution in [2.45, 2.75) is 13.8 Å². The number of ether oxygens (including phenoxy) is 1. The fourth-order valence-corrected chi connectivity index (χ4v) is 2.93. The van der Waals surface area contributed by atoms with E-state index in [0.29, 0.717) is 0 Å². The van der Waals surface area contributed by atoms with Crippen molar-refractivity contribution in [1.82, 2.24) is 0 Å². The molecule has 0 unspecified atom stereocenters. The molecule has 0 radical (unpaired) electrons. The second kappa shape index (κ2) is 6.07. The van der Waals surface area contributed by atoms with Gasteiger partial charge in [-0.25, -0.2) is 0 Å². The zero-order valence-corrected chi connectivity index (χ0v) is 13.3. The molecule has 0 saturated carbocycles. The maximum atomic E-state index is 5.66. The minimum atomic E-state index is 0.912. The van der Waals surface area contributed by atoms with Gasteiger partial charge < -0.3 is 4.74 Å². The number of hydrogen-bond acceptors (Lipinski definition) is 1. The molecule has 22 heavy (non-hydrogen) atoms. The van der Waals surface area contributed by atoms with Gasteiger partial charge in [0.05, 0.1) is 7.11 Å². The molecule has 110 valence electrons. The normalized spacial score (nSPS) is 10.5. The second-order valence-corrected chi connectivity index (χ2v) is 5.51. The van der Waals surface area contributed by atoms with Gasteiger partial charge in [-0.1, -0.05) is 60.7 Å². The molecule has 0 fully saturated rings. The van der Waals surface area contributed by atoms with Crippen LogP contribution >= 0.6 is 0 Å². The van der Waals surface area contributed by atoms with Crippen LogP contribution in [0.2, 0.25) is 0 Å². The highest BCUT2D eigenvalue weighted by molar-refractivity contribution is 5.89. The van der Waals surface area contributed by atoms with E-state index in [1.165, 1.54) is 27.8 Å². The first-order valence-electron chi connectivity index (χ1n) is 7.51. The van der Waals surface area contributed by atoms with Crippen LogP contribution in [-0.2, 0) is 0 Å². The van der Waals surface area contributed by atoms with E-state index < -0.39 is 0 Å². The number of aryl methyl sites for hydroxylation is 2. The largest absolute Gasteiger partial charge is 0.496 e. The van der Waals surface area contributed by atoms with E-state index in [9.17, 15) is 0 Å². The van der Waals surface area contributed by atoms with E-state index in [2.05, 4.69) is 74.5 Å². The van der Waals surface area contributed by atoms with Crippen LogP contribution in [0.15, 0.2) is 66.7 Å². The first-order valence-corrected chi connectivity index (χ1v) is 7.51. The lowest BCUT2D eigenvalue weighted by molar-refractivity contribution is 0.416. The van der Waals surface area contributed by atoms with Crippen molar-refractivity contribution in [2.75, 3.05) is 7.11 Å². The van der Waals surface area contributed by atoms with Crippen LogP contribution in [0.3, 0.4) is 0 Å². The molecule has 3 aromatic rings. The first-order chi connectivity index (χ1) is 10.7. The molecule has 0 spiro atoms. The fraction of sp³-hybridized carbons (Fsp3) is 0.143. The predicted octanol–water partition coefficient (Wildman–Crippen LogP) is 5.65. The molecule has 0 bridgehead atoms. The van der Waals surface area contributed by atoms with E-state index >= 15 is 0 Å². The zero-order chi connectivity index (χ0) is 15.5. The Hall–Kier alpha value is -2.54. The lowest BCUT2D eigenvalue weighted by Crippen LogP contribution is -1.94. The molecule has 0 N–H and O–H groups in total. The number of benzene rings is 3. The van der Waals surface area contributed by atoms with Crippen LogP contribution in [0.1, 0.15) is 11.1 Å². The molecular weight excluding hydrogens is 268 g/mol. The molecule has 0 aliphatic carbocycles. The SMILES string of the molecule is COc1cccc(-c2ccccc2C)c1-c1ccccc1C. The van der Waals surface area contributed by atoms with Gasteiger partial charge in [-0.15, -0.1) is 0 Å². The van der Waals surface area contributed by atoms with E-state index in [0.717, 1.165) is 11.3 Å². The summed E-state index contributed by atoms with van der Waals surface area (Å²) in [4.78, 5) is 0. The van der Waals surface area contributed by atoms with Gasteiger partial charge in [-0.05, 0) is 47.7 Å². The average molecular weight is 288 g/mol. The summed E-state index contributed by atoms with van der Waals surface area (Å²) < 4.78 is 5.66. The lowest BCUT2D eigenvalue weighted by Gasteiger charge is -2.17. The molecule has 0 amide bonds. The molecule has 1 heteroatoms. The standard InChI is InChI=1S/C21H20O/c1-15-9-4-6-11-17(15)19-13-8-14-20(22-3)21(19)18-12-7-5-10-16(18)2/h4-14H,1-3H3. The first kappa shape index (κ1) is 14.4. The summed E-state index contributed by atoms with van der Waals surface area (Å²) in [6.07, 6.45) is 0. The Labute approximate surface area is 132 Å². The topological polar surface area (TPSA) is 9.23 Å². The van der Waals surface area contributed by atoms with Gasteiger partial charge in [0.25, 0.3) is 0 Å². The summed E-state index contributed by atoms with van der Waals surface area (Å²) >= 11 is 0. The molecule has 0 aromatic heterocycles. The quantitative estimate of drug-likeness (QED) is 0.605. The van der Waals surface area contributed by atoms with Crippen LogP contribution in [0, 0.1) is 13.8 Å². The van der Waals surface area contributed by atoms with Crippen LogP contribution in [0.25, 0.3) is 22.3 Å². The maximum Gasteiger partial charge on any atom is 0.127 e. The third-order valence-corrected chi connectivity index (χ3v) is 4.10. The molecule has 3 rings (SSSR count). The highest BCUT2D eigenvalue weighted by atomic mass is 16.5. The molecule has 1 nitrogen and oxygen atoms in total. The molecule has 3 aromatic carbocycles. The Kier molecular flexibility index (Phi) is 3.97. The van der Waals surface area contributed by atoms with E-state index in [4.69, 9.17) is 4.74 Å². The van der Waals surface area contributed by atoms with Gasteiger partial charge in [-0.2, -0.15) is 0 Å². The number of hydrogen-bond donors (Lipinski definition) is 0. The molecular formula is C21H20O. The summed E-state index contributed by atoms with van der Waals surface area (Å²) in [5.74, 6) is 0.912. The van der Waals surface area contributed by atoms with Crippen LogP contribution in [-0.4, -0.2) is 7.11 Å². The van der Waals surface area contributed by atoms with Gasteiger partial charge >= 0.3 is 0 Å². The Morgan fingerprint density at radius 3 is 1.73 bits per heavy atom. The Morgan fingerprint density at radius 1 is 0.591 bits per heavy atom. The van der Waals surface area contributed by atoms with E-state index in [1.54, 1.807) is 7.11 Å².